The van der Waals surface area contributed by atoms with E-state index in [0.29, 0.717) is 24.1 Å². The largest absolute Gasteiger partial charge is 0.340 e. The molecule has 0 unspecified atom stereocenters. The first-order valence-corrected chi connectivity index (χ1v) is 6.23. The lowest BCUT2D eigenvalue weighted by Crippen LogP contribution is -2.49. The lowest BCUT2D eigenvalue weighted by molar-refractivity contribution is -0.133. The SMILES string of the molecule is CC(C)CC(=O)N1CCN(CCCl)CC1. The van der Waals surface area contributed by atoms with Crippen LogP contribution in [0.2, 0.25) is 0 Å². The van der Waals surface area contributed by atoms with Gasteiger partial charge in [-0.05, 0) is 5.92 Å². The van der Waals surface area contributed by atoms with Gasteiger partial charge in [-0.3, -0.25) is 9.69 Å². The fourth-order valence-electron chi connectivity index (χ4n) is 1.82. The van der Waals surface area contributed by atoms with Crippen molar-refractivity contribution in [3.05, 3.63) is 0 Å². The molecule has 0 radical (unpaired) electrons. The van der Waals surface area contributed by atoms with E-state index in [4.69, 9.17) is 11.6 Å². The Morgan fingerprint density at radius 2 is 1.87 bits per heavy atom. The smallest absolute Gasteiger partial charge is 0.222 e. The predicted octanol–water partition coefficient (Wildman–Crippen LogP) is 1.42. The maximum absolute atomic E-state index is 11.8. The minimum Gasteiger partial charge on any atom is -0.340 e. The molecule has 4 heteroatoms. The van der Waals surface area contributed by atoms with Crippen LogP contribution in [0.4, 0.5) is 0 Å². The monoisotopic (exact) mass is 232 g/mol. The third-order valence-electron chi connectivity index (χ3n) is 2.71. The van der Waals surface area contributed by atoms with Gasteiger partial charge in [0.1, 0.15) is 0 Å². The Morgan fingerprint density at radius 3 is 2.33 bits per heavy atom. The van der Waals surface area contributed by atoms with Crippen molar-refractivity contribution < 1.29 is 4.79 Å². The molecule has 0 N–H and O–H groups in total. The van der Waals surface area contributed by atoms with Crippen LogP contribution in [-0.4, -0.2) is 54.3 Å². The second-order valence-corrected chi connectivity index (χ2v) is 4.89. The van der Waals surface area contributed by atoms with E-state index in [1.807, 2.05) is 4.90 Å². The molecule has 1 saturated heterocycles. The van der Waals surface area contributed by atoms with Gasteiger partial charge in [-0.2, -0.15) is 0 Å². The summed E-state index contributed by atoms with van der Waals surface area (Å²) in [6, 6.07) is 0. The highest BCUT2D eigenvalue weighted by molar-refractivity contribution is 6.18. The van der Waals surface area contributed by atoms with Gasteiger partial charge in [0, 0.05) is 45.0 Å². The number of carbonyl (C=O) groups is 1. The number of piperazine rings is 1. The Labute approximate surface area is 97.4 Å². The Kier molecular flexibility index (Phi) is 5.40. The lowest BCUT2D eigenvalue weighted by atomic mass is 10.1. The van der Waals surface area contributed by atoms with Crippen LogP contribution >= 0.6 is 11.6 Å². The van der Waals surface area contributed by atoms with E-state index >= 15 is 0 Å². The summed E-state index contributed by atoms with van der Waals surface area (Å²) in [6.45, 7) is 8.77. The molecule has 1 amide bonds. The van der Waals surface area contributed by atoms with Crippen LogP contribution in [-0.2, 0) is 4.79 Å². The van der Waals surface area contributed by atoms with E-state index < -0.39 is 0 Å². The number of hydrogen-bond donors (Lipinski definition) is 0. The van der Waals surface area contributed by atoms with E-state index in [1.165, 1.54) is 0 Å². The number of halogens is 1. The normalized spacial score (nSPS) is 18.5. The van der Waals surface area contributed by atoms with Gasteiger partial charge in [0.15, 0.2) is 0 Å². The summed E-state index contributed by atoms with van der Waals surface area (Å²) in [5, 5.41) is 0. The molecule has 0 aromatic heterocycles. The van der Waals surface area contributed by atoms with E-state index in [-0.39, 0.29) is 0 Å². The lowest BCUT2D eigenvalue weighted by Gasteiger charge is -2.34. The van der Waals surface area contributed by atoms with Crippen LogP contribution in [0, 0.1) is 5.92 Å². The summed E-state index contributed by atoms with van der Waals surface area (Å²) in [5.74, 6) is 1.44. The number of alkyl halides is 1. The van der Waals surface area contributed by atoms with Crippen LogP contribution < -0.4 is 0 Å². The summed E-state index contributed by atoms with van der Waals surface area (Å²) < 4.78 is 0. The van der Waals surface area contributed by atoms with Crippen molar-refractivity contribution in [3.63, 3.8) is 0 Å². The van der Waals surface area contributed by atoms with Crippen LogP contribution in [0.5, 0.6) is 0 Å². The first kappa shape index (κ1) is 12.8. The number of amides is 1. The Balaban J connectivity index is 2.27. The molecule has 0 atom stereocenters. The van der Waals surface area contributed by atoms with Crippen molar-refractivity contribution in [2.45, 2.75) is 20.3 Å². The molecular weight excluding hydrogens is 212 g/mol. The molecule has 1 aliphatic rings. The van der Waals surface area contributed by atoms with Gasteiger partial charge in [0.25, 0.3) is 0 Å². The molecule has 3 nitrogen and oxygen atoms in total. The molecule has 1 fully saturated rings. The molecule has 0 aromatic carbocycles. The van der Waals surface area contributed by atoms with Crippen molar-refractivity contribution in [3.8, 4) is 0 Å². The van der Waals surface area contributed by atoms with Gasteiger partial charge < -0.3 is 4.90 Å². The second kappa shape index (κ2) is 6.33. The molecular formula is C11H21ClN2O. The van der Waals surface area contributed by atoms with Crippen LogP contribution in [0.25, 0.3) is 0 Å². The second-order valence-electron chi connectivity index (χ2n) is 4.51. The van der Waals surface area contributed by atoms with Crippen LogP contribution in [0.3, 0.4) is 0 Å². The highest BCUT2D eigenvalue weighted by Crippen LogP contribution is 2.07. The Hall–Kier alpha value is -0.280. The zero-order valence-corrected chi connectivity index (χ0v) is 10.5. The van der Waals surface area contributed by atoms with Gasteiger partial charge in [0.2, 0.25) is 5.91 Å². The van der Waals surface area contributed by atoms with E-state index in [1.54, 1.807) is 0 Å². The molecule has 1 aliphatic heterocycles. The molecule has 1 rings (SSSR count). The van der Waals surface area contributed by atoms with Gasteiger partial charge in [-0.25, -0.2) is 0 Å². The fourth-order valence-corrected chi connectivity index (χ4v) is 2.06. The summed E-state index contributed by atoms with van der Waals surface area (Å²) in [5.41, 5.74) is 0. The number of carbonyl (C=O) groups excluding carboxylic acids is 1. The van der Waals surface area contributed by atoms with E-state index in [9.17, 15) is 4.79 Å². The highest BCUT2D eigenvalue weighted by Gasteiger charge is 2.20. The van der Waals surface area contributed by atoms with Crippen LogP contribution in [0.1, 0.15) is 20.3 Å². The van der Waals surface area contributed by atoms with Gasteiger partial charge in [-0.1, -0.05) is 13.8 Å². The topological polar surface area (TPSA) is 23.6 Å². The van der Waals surface area contributed by atoms with Crippen LogP contribution in [0.15, 0.2) is 0 Å². The quantitative estimate of drug-likeness (QED) is 0.685. The van der Waals surface area contributed by atoms with Crippen molar-refractivity contribution in [2.24, 2.45) is 5.92 Å². The van der Waals surface area contributed by atoms with Gasteiger partial charge in [0.05, 0.1) is 0 Å². The molecule has 0 bridgehead atoms. The minimum atomic E-state index is 0.301. The zero-order valence-electron chi connectivity index (χ0n) is 9.71. The van der Waals surface area contributed by atoms with Crippen molar-refractivity contribution >= 4 is 17.5 Å². The summed E-state index contributed by atoms with van der Waals surface area (Å²) in [7, 11) is 0. The molecule has 0 spiro atoms. The molecule has 0 aliphatic carbocycles. The third kappa shape index (κ3) is 4.39. The average Bonchev–Trinajstić information content (AvgIpc) is 2.18. The Morgan fingerprint density at radius 1 is 1.27 bits per heavy atom. The zero-order chi connectivity index (χ0) is 11.3. The highest BCUT2D eigenvalue weighted by atomic mass is 35.5. The Bertz CT molecular complexity index is 201. The molecule has 88 valence electrons. The summed E-state index contributed by atoms with van der Waals surface area (Å²) >= 11 is 5.68. The molecule has 1 heterocycles. The van der Waals surface area contributed by atoms with Crippen molar-refractivity contribution in [2.75, 3.05) is 38.6 Å². The maximum atomic E-state index is 11.8. The summed E-state index contributed by atoms with van der Waals surface area (Å²) in [4.78, 5) is 16.0. The first-order valence-electron chi connectivity index (χ1n) is 5.69. The first-order chi connectivity index (χ1) is 7.13. The minimum absolute atomic E-state index is 0.301. The molecule has 15 heavy (non-hydrogen) atoms. The predicted molar refractivity (Wildman–Crippen MR) is 63.2 cm³/mol. The fraction of sp³-hybridized carbons (Fsp3) is 0.909. The summed E-state index contributed by atoms with van der Waals surface area (Å²) in [6.07, 6.45) is 0.676. The molecule has 0 aromatic rings. The number of rotatable bonds is 4. The molecule has 0 saturated carbocycles. The standard InChI is InChI=1S/C11H21ClN2O/c1-10(2)9-11(15)14-7-5-13(4-3-12)6-8-14/h10H,3-9H2,1-2H3. The maximum Gasteiger partial charge on any atom is 0.222 e. The van der Waals surface area contributed by atoms with Crippen molar-refractivity contribution in [1.82, 2.24) is 9.80 Å². The number of nitrogens with zero attached hydrogens (tertiary/aromatic N) is 2. The number of hydrogen-bond acceptors (Lipinski definition) is 2. The van der Waals surface area contributed by atoms with E-state index in [2.05, 4.69) is 18.7 Å². The average molecular weight is 233 g/mol. The van der Waals surface area contributed by atoms with E-state index in [0.717, 1.165) is 32.7 Å². The van der Waals surface area contributed by atoms with Gasteiger partial charge in [-0.15, -0.1) is 11.6 Å². The van der Waals surface area contributed by atoms with Gasteiger partial charge >= 0.3 is 0 Å². The third-order valence-corrected chi connectivity index (χ3v) is 2.88. The van der Waals surface area contributed by atoms with Crippen molar-refractivity contribution in [1.29, 1.82) is 0 Å².